The summed E-state index contributed by atoms with van der Waals surface area (Å²) in [6.45, 7) is 2.00. The molecule has 0 saturated heterocycles. The van der Waals surface area contributed by atoms with E-state index in [-0.39, 0.29) is 5.12 Å². The van der Waals surface area contributed by atoms with Gasteiger partial charge in [0.25, 0.3) is 0 Å². The number of hydrogen-bond donors (Lipinski definition) is 0. The van der Waals surface area contributed by atoms with Gasteiger partial charge >= 0.3 is 0 Å². The lowest BCUT2D eigenvalue weighted by molar-refractivity contribution is -0.109. The van der Waals surface area contributed by atoms with Gasteiger partial charge in [0, 0.05) is 5.75 Å². The third-order valence-corrected chi connectivity index (χ3v) is 2.41. The van der Waals surface area contributed by atoms with Crippen molar-refractivity contribution < 1.29 is 4.79 Å². The molecule has 0 aliphatic heterocycles. The zero-order chi connectivity index (χ0) is 7.28. The van der Waals surface area contributed by atoms with Gasteiger partial charge < -0.3 is 0 Å². The summed E-state index contributed by atoms with van der Waals surface area (Å²) < 4.78 is 0. The Balaban J connectivity index is 3.28. The molecule has 0 aromatic heterocycles. The molecule has 0 unspecified atom stereocenters. The second-order valence-electron chi connectivity index (χ2n) is 1.47. The molecule has 9 heavy (non-hydrogen) atoms. The van der Waals surface area contributed by atoms with Crippen LogP contribution in [0.25, 0.3) is 0 Å². The van der Waals surface area contributed by atoms with Crippen LogP contribution in [0.15, 0.2) is 0 Å². The van der Waals surface area contributed by atoms with Crippen LogP contribution in [0.2, 0.25) is 0 Å². The molecule has 54 valence electrons. The number of rotatable bonds is 3. The predicted molar refractivity (Wildman–Crippen MR) is 43.3 cm³/mol. The van der Waals surface area contributed by atoms with Crippen LogP contribution in [0.4, 0.5) is 0 Å². The zero-order valence-corrected chi connectivity index (χ0v) is 7.39. The van der Waals surface area contributed by atoms with Gasteiger partial charge in [0.05, 0.1) is 0 Å². The highest BCUT2D eigenvalue weighted by molar-refractivity contribution is 8.14. The number of alkyl halides is 2. The summed E-state index contributed by atoms with van der Waals surface area (Å²) in [4.78, 5) is 9.74. The Bertz CT molecular complexity index is 95.0. The first-order valence-electron chi connectivity index (χ1n) is 2.63. The van der Waals surface area contributed by atoms with Gasteiger partial charge in [-0.3, -0.25) is 4.79 Å². The summed E-state index contributed by atoms with van der Waals surface area (Å²) in [5, 5.41) is -0.153. The van der Waals surface area contributed by atoms with E-state index in [1.807, 2.05) is 6.92 Å². The van der Waals surface area contributed by atoms with Crippen molar-refractivity contribution in [2.45, 2.75) is 18.2 Å². The summed E-state index contributed by atoms with van der Waals surface area (Å²) in [6.07, 6.45) is 0.969. The molecule has 0 amide bonds. The Labute approximate surface area is 69.1 Å². The molecule has 0 aromatic carbocycles. The molecule has 4 heteroatoms. The Morgan fingerprint density at radius 1 is 1.67 bits per heavy atom. The van der Waals surface area contributed by atoms with Crippen LogP contribution in [0.5, 0.6) is 0 Å². The lowest BCUT2D eigenvalue weighted by atomic mass is 10.6. The van der Waals surface area contributed by atoms with Crippen molar-refractivity contribution in [1.82, 2.24) is 0 Å². The van der Waals surface area contributed by atoms with Crippen molar-refractivity contribution in [1.29, 1.82) is 0 Å². The fourth-order valence-electron chi connectivity index (χ4n) is 0.266. The minimum atomic E-state index is -0.860. The Hall–Kier alpha value is 0.600. The number of halogens is 2. The minimum Gasteiger partial charge on any atom is -0.284 e. The molecular weight excluding hydrogens is 179 g/mol. The van der Waals surface area contributed by atoms with Gasteiger partial charge in [-0.2, -0.15) is 0 Å². The second kappa shape index (κ2) is 5.39. The monoisotopic (exact) mass is 186 g/mol. The maximum absolute atomic E-state index is 10.6. The molecule has 0 fully saturated rings. The van der Waals surface area contributed by atoms with E-state index >= 15 is 0 Å². The highest BCUT2D eigenvalue weighted by Gasteiger charge is 2.10. The smallest absolute Gasteiger partial charge is 0.221 e. The zero-order valence-electron chi connectivity index (χ0n) is 5.06. The molecule has 0 saturated carbocycles. The Morgan fingerprint density at radius 2 is 2.22 bits per heavy atom. The lowest BCUT2D eigenvalue weighted by Crippen LogP contribution is -2.02. The van der Waals surface area contributed by atoms with Crippen molar-refractivity contribution >= 4 is 40.1 Å². The Morgan fingerprint density at radius 3 is 2.56 bits per heavy atom. The standard InChI is InChI=1S/C5H8Cl2OS/c1-2-3-9-5(8)4(6)7/h4H,2-3H2,1H3. The molecular formula is C5H8Cl2OS. The summed E-state index contributed by atoms with van der Waals surface area (Å²) in [7, 11) is 0. The van der Waals surface area contributed by atoms with Crippen LogP contribution in [0.1, 0.15) is 13.3 Å². The van der Waals surface area contributed by atoms with Crippen LogP contribution < -0.4 is 0 Å². The van der Waals surface area contributed by atoms with Gasteiger partial charge in [0.2, 0.25) is 5.12 Å². The number of carbonyl (C=O) groups is 1. The van der Waals surface area contributed by atoms with E-state index in [1.54, 1.807) is 0 Å². The number of carbonyl (C=O) groups excluding carboxylic acids is 1. The quantitative estimate of drug-likeness (QED) is 0.631. The molecule has 0 heterocycles. The van der Waals surface area contributed by atoms with Gasteiger partial charge in [-0.15, -0.1) is 0 Å². The highest BCUT2D eigenvalue weighted by atomic mass is 35.5. The van der Waals surface area contributed by atoms with Crippen molar-refractivity contribution in [3.8, 4) is 0 Å². The predicted octanol–water partition coefficient (Wildman–Crippen LogP) is 2.46. The summed E-state index contributed by atoms with van der Waals surface area (Å²) >= 11 is 11.7. The van der Waals surface area contributed by atoms with E-state index in [1.165, 1.54) is 11.8 Å². The molecule has 0 aliphatic carbocycles. The summed E-state index contributed by atoms with van der Waals surface area (Å²) in [5.74, 6) is 0.800. The van der Waals surface area contributed by atoms with Crippen molar-refractivity contribution in [3.05, 3.63) is 0 Å². The molecule has 0 radical (unpaired) electrons. The highest BCUT2D eigenvalue weighted by Crippen LogP contribution is 2.14. The van der Waals surface area contributed by atoms with E-state index in [0.29, 0.717) is 0 Å². The molecule has 0 rings (SSSR count). The molecule has 0 spiro atoms. The lowest BCUT2D eigenvalue weighted by Gasteiger charge is -1.96. The molecule has 0 N–H and O–H groups in total. The molecule has 1 nitrogen and oxygen atoms in total. The summed E-state index contributed by atoms with van der Waals surface area (Å²) in [5.41, 5.74) is 0. The third-order valence-electron chi connectivity index (χ3n) is 0.627. The van der Waals surface area contributed by atoms with Gasteiger partial charge in [0.1, 0.15) is 0 Å². The topological polar surface area (TPSA) is 17.1 Å². The minimum absolute atomic E-state index is 0.153. The number of hydrogen-bond acceptors (Lipinski definition) is 2. The van der Waals surface area contributed by atoms with E-state index in [0.717, 1.165) is 12.2 Å². The van der Waals surface area contributed by atoms with Crippen molar-refractivity contribution in [2.24, 2.45) is 0 Å². The van der Waals surface area contributed by atoms with Gasteiger partial charge in [-0.05, 0) is 6.42 Å². The second-order valence-corrected chi connectivity index (χ2v) is 3.66. The van der Waals surface area contributed by atoms with Gasteiger partial charge in [-0.25, -0.2) is 0 Å². The van der Waals surface area contributed by atoms with E-state index in [4.69, 9.17) is 23.2 Å². The first-order valence-corrected chi connectivity index (χ1v) is 4.49. The van der Waals surface area contributed by atoms with Crippen LogP contribution in [0.3, 0.4) is 0 Å². The van der Waals surface area contributed by atoms with Gasteiger partial charge in [0.15, 0.2) is 4.84 Å². The molecule has 0 bridgehead atoms. The average Bonchev–Trinajstić information content (AvgIpc) is 1.82. The van der Waals surface area contributed by atoms with E-state index < -0.39 is 4.84 Å². The fourth-order valence-corrected chi connectivity index (χ4v) is 1.17. The normalized spacial score (nSPS) is 10.2. The van der Waals surface area contributed by atoms with Crippen molar-refractivity contribution in [2.75, 3.05) is 5.75 Å². The average molecular weight is 187 g/mol. The van der Waals surface area contributed by atoms with Gasteiger partial charge in [-0.1, -0.05) is 41.9 Å². The van der Waals surface area contributed by atoms with Crippen LogP contribution in [0, 0.1) is 0 Å². The molecule has 0 aromatic rings. The summed E-state index contributed by atoms with van der Waals surface area (Å²) in [6, 6.07) is 0. The van der Waals surface area contributed by atoms with E-state index in [9.17, 15) is 4.79 Å². The largest absolute Gasteiger partial charge is 0.284 e. The maximum atomic E-state index is 10.6. The van der Waals surface area contributed by atoms with Crippen LogP contribution >= 0.6 is 35.0 Å². The third kappa shape index (κ3) is 5.07. The van der Waals surface area contributed by atoms with Crippen LogP contribution in [-0.4, -0.2) is 15.7 Å². The van der Waals surface area contributed by atoms with Crippen LogP contribution in [-0.2, 0) is 4.79 Å². The van der Waals surface area contributed by atoms with Crippen molar-refractivity contribution in [3.63, 3.8) is 0 Å². The molecule has 0 aliphatic rings. The molecule has 0 atom stereocenters. The first kappa shape index (κ1) is 9.60. The SMILES string of the molecule is CCCSC(=O)C(Cl)Cl. The maximum Gasteiger partial charge on any atom is 0.221 e. The number of thioether (sulfide) groups is 1. The first-order chi connectivity index (χ1) is 4.18. The Kier molecular flexibility index (Phi) is 5.75. The van der Waals surface area contributed by atoms with E-state index in [2.05, 4.69) is 0 Å². The fraction of sp³-hybridized carbons (Fsp3) is 0.800.